The van der Waals surface area contributed by atoms with Gasteiger partial charge in [0.05, 0.1) is 17.2 Å². The zero-order valence-electron chi connectivity index (χ0n) is 9.08. The van der Waals surface area contributed by atoms with Crippen molar-refractivity contribution in [1.82, 2.24) is 15.2 Å². The summed E-state index contributed by atoms with van der Waals surface area (Å²) in [4.78, 5) is 14.1. The highest BCUT2D eigenvalue weighted by atomic mass is 35.5. The fourth-order valence-corrected chi connectivity index (χ4v) is 1.45. The largest absolute Gasteiger partial charge is 0.359 e. The predicted octanol–water partition coefficient (Wildman–Crippen LogP) is 2.05. The van der Waals surface area contributed by atoms with E-state index in [9.17, 15) is 10.1 Å². The molecule has 18 heavy (non-hydrogen) atoms. The first-order valence-corrected chi connectivity index (χ1v) is 5.36. The van der Waals surface area contributed by atoms with Crippen LogP contribution in [0.15, 0.2) is 30.5 Å². The van der Waals surface area contributed by atoms with Gasteiger partial charge in [0.25, 0.3) is 0 Å². The van der Waals surface area contributed by atoms with Gasteiger partial charge in [0, 0.05) is 12.3 Å². The van der Waals surface area contributed by atoms with Crippen molar-refractivity contribution in [1.29, 1.82) is 0 Å². The van der Waals surface area contributed by atoms with E-state index >= 15 is 0 Å². The first kappa shape index (κ1) is 12.2. The van der Waals surface area contributed by atoms with Gasteiger partial charge in [0.2, 0.25) is 5.82 Å². The molecule has 0 bridgehead atoms. The van der Waals surface area contributed by atoms with Crippen LogP contribution in [0.4, 0.5) is 11.5 Å². The predicted molar refractivity (Wildman–Crippen MR) is 65.3 cm³/mol. The molecule has 2 aromatic heterocycles. The van der Waals surface area contributed by atoms with Crippen LogP contribution in [0.5, 0.6) is 0 Å². The van der Waals surface area contributed by atoms with Crippen molar-refractivity contribution in [3.63, 3.8) is 0 Å². The number of pyridine rings is 1. The van der Waals surface area contributed by atoms with Crippen molar-refractivity contribution < 1.29 is 4.92 Å². The van der Waals surface area contributed by atoms with Crippen molar-refractivity contribution in [3.05, 3.63) is 51.4 Å². The van der Waals surface area contributed by atoms with Gasteiger partial charge in [-0.25, -0.2) is 4.98 Å². The zero-order valence-corrected chi connectivity index (χ0v) is 9.83. The van der Waals surface area contributed by atoms with Crippen molar-refractivity contribution >= 4 is 23.1 Å². The molecule has 0 unspecified atom stereocenters. The average molecular weight is 266 g/mol. The summed E-state index contributed by atoms with van der Waals surface area (Å²) in [5.74, 6) is 0.109. The Morgan fingerprint density at radius 1 is 1.39 bits per heavy atom. The Bertz CT molecular complexity index is 563. The Morgan fingerprint density at radius 2 is 2.22 bits per heavy atom. The molecule has 2 rings (SSSR count). The summed E-state index contributed by atoms with van der Waals surface area (Å²) in [5.41, 5.74) is 0.511. The molecule has 0 fully saturated rings. The molecule has 0 aliphatic rings. The second-order valence-electron chi connectivity index (χ2n) is 3.33. The second kappa shape index (κ2) is 5.37. The first-order chi connectivity index (χ1) is 8.66. The summed E-state index contributed by atoms with van der Waals surface area (Å²) in [5, 5.41) is 21.3. The van der Waals surface area contributed by atoms with Crippen LogP contribution in [0, 0.1) is 10.1 Å². The number of hydrogen-bond acceptors (Lipinski definition) is 6. The van der Waals surface area contributed by atoms with Crippen LogP contribution in [-0.4, -0.2) is 20.1 Å². The molecule has 92 valence electrons. The molecule has 0 spiro atoms. The van der Waals surface area contributed by atoms with Crippen molar-refractivity contribution in [2.75, 3.05) is 5.32 Å². The molecular weight excluding hydrogens is 258 g/mol. The van der Waals surface area contributed by atoms with Gasteiger partial charge < -0.3 is 5.32 Å². The van der Waals surface area contributed by atoms with E-state index in [1.807, 2.05) is 0 Å². The van der Waals surface area contributed by atoms with Crippen molar-refractivity contribution in [3.8, 4) is 0 Å². The lowest BCUT2D eigenvalue weighted by Gasteiger charge is -2.05. The third kappa shape index (κ3) is 2.89. The van der Waals surface area contributed by atoms with Gasteiger partial charge in [0.15, 0.2) is 0 Å². The summed E-state index contributed by atoms with van der Waals surface area (Å²) >= 11 is 5.70. The molecule has 7 nitrogen and oxygen atoms in total. The van der Waals surface area contributed by atoms with Crippen LogP contribution >= 0.6 is 11.6 Å². The van der Waals surface area contributed by atoms with E-state index in [1.54, 1.807) is 18.3 Å². The zero-order chi connectivity index (χ0) is 13.0. The Morgan fingerprint density at radius 3 is 2.89 bits per heavy atom. The molecule has 0 aromatic carbocycles. The van der Waals surface area contributed by atoms with Crippen LogP contribution in [0.1, 0.15) is 5.69 Å². The molecule has 2 heterocycles. The van der Waals surface area contributed by atoms with Crippen LogP contribution in [-0.2, 0) is 6.54 Å². The number of hydrogen-bond donors (Lipinski definition) is 1. The SMILES string of the molecule is O=[N+]([O-])c1ccc(Cl)nc1NCc1cccnn1. The lowest BCUT2D eigenvalue weighted by molar-refractivity contribution is -0.384. The number of anilines is 1. The molecule has 0 aliphatic carbocycles. The van der Waals surface area contributed by atoms with Gasteiger partial charge in [0.1, 0.15) is 5.15 Å². The molecule has 0 saturated heterocycles. The minimum absolute atomic E-state index is 0.109. The molecule has 0 atom stereocenters. The standard InChI is InChI=1S/C10H8ClN5O2/c11-9-4-3-8(16(17)18)10(14-9)12-6-7-2-1-5-13-15-7/h1-5H,6H2,(H,12,14). The van der Waals surface area contributed by atoms with E-state index < -0.39 is 4.92 Å². The topological polar surface area (TPSA) is 93.8 Å². The quantitative estimate of drug-likeness (QED) is 0.516. The number of aromatic nitrogens is 3. The maximum Gasteiger partial charge on any atom is 0.311 e. The summed E-state index contributed by atoms with van der Waals surface area (Å²) < 4.78 is 0. The molecule has 0 saturated carbocycles. The van der Waals surface area contributed by atoms with Gasteiger partial charge in [-0.3, -0.25) is 10.1 Å². The van der Waals surface area contributed by atoms with Crippen molar-refractivity contribution in [2.24, 2.45) is 0 Å². The fraction of sp³-hybridized carbons (Fsp3) is 0.100. The fourth-order valence-electron chi connectivity index (χ4n) is 1.31. The Labute approximate surface area is 107 Å². The Hall–Kier alpha value is -2.28. The third-order valence-corrected chi connectivity index (χ3v) is 2.31. The van der Waals surface area contributed by atoms with Gasteiger partial charge >= 0.3 is 5.69 Å². The lowest BCUT2D eigenvalue weighted by atomic mass is 10.3. The smallest absolute Gasteiger partial charge is 0.311 e. The number of nitrogens with zero attached hydrogens (tertiary/aromatic N) is 4. The third-order valence-electron chi connectivity index (χ3n) is 2.10. The summed E-state index contributed by atoms with van der Waals surface area (Å²) in [7, 11) is 0. The van der Waals surface area contributed by atoms with E-state index in [1.165, 1.54) is 12.1 Å². The number of halogens is 1. The average Bonchev–Trinajstić information content (AvgIpc) is 2.37. The maximum atomic E-state index is 10.8. The highest BCUT2D eigenvalue weighted by Crippen LogP contribution is 2.24. The minimum atomic E-state index is -0.525. The lowest BCUT2D eigenvalue weighted by Crippen LogP contribution is -2.06. The van der Waals surface area contributed by atoms with Gasteiger partial charge in [-0.1, -0.05) is 11.6 Å². The van der Waals surface area contributed by atoms with E-state index in [4.69, 9.17) is 11.6 Å². The van der Waals surface area contributed by atoms with Crippen LogP contribution in [0.3, 0.4) is 0 Å². The number of nitro groups is 1. The first-order valence-electron chi connectivity index (χ1n) is 4.98. The van der Waals surface area contributed by atoms with E-state index in [0.29, 0.717) is 5.69 Å². The monoisotopic (exact) mass is 265 g/mol. The summed E-state index contributed by atoms with van der Waals surface area (Å²) in [6.07, 6.45) is 1.55. The van der Waals surface area contributed by atoms with E-state index in [2.05, 4.69) is 20.5 Å². The van der Waals surface area contributed by atoms with Crippen LogP contribution in [0.25, 0.3) is 0 Å². The summed E-state index contributed by atoms with van der Waals surface area (Å²) in [6.45, 7) is 0.280. The highest BCUT2D eigenvalue weighted by Gasteiger charge is 2.15. The second-order valence-corrected chi connectivity index (χ2v) is 3.71. The van der Waals surface area contributed by atoms with E-state index in [0.717, 1.165) is 0 Å². The van der Waals surface area contributed by atoms with Gasteiger partial charge in [-0.2, -0.15) is 10.2 Å². The molecule has 0 radical (unpaired) electrons. The highest BCUT2D eigenvalue weighted by molar-refractivity contribution is 6.29. The Kier molecular flexibility index (Phi) is 3.63. The van der Waals surface area contributed by atoms with Gasteiger partial charge in [-0.15, -0.1) is 0 Å². The maximum absolute atomic E-state index is 10.8. The van der Waals surface area contributed by atoms with Crippen LogP contribution in [0.2, 0.25) is 5.15 Å². The minimum Gasteiger partial charge on any atom is -0.359 e. The molecule has 1 N–H and O–H groups in total. The van der Waals surface area contributed by atoms with Crippen molar-refractivity contribution in [2.45, 2.75) is 6.54 Å². The molecule has 2 aromatic rings. The van der Waals surface area contributed by atoms with Crippen LogP contribution < -0.4 is 5.32 Å². The normalized spacial score (nSPS) is 10.1. The van der Waals surface area contributed by atoms with Gasteiger partial charge in [-0.05, 0) is 18.2 Å². The number of rotatable bonds is 4. The molecule has 0 aliphatic heterocycles. The number of nitrogens with one attached hydrogen (secondary N) is 1. The molecule has 0 amide bonds. The Balaban J connectivity index is 2.18. The van der Waals surface area contributed by atoms with E-state index in [-0.39, 0.29) is 23.2 Å². The molecule has 8 heteroatoms. The summed E-state index contributed by atoms with van der Waals surface area (Å²) in [6, 6.07) is 6.14. The molecular formula is C10H8ClN5O2.